The molecule has 0 aliphatic carbocycles. The minimum Gasteiger partial charge on any atom is -0.349 e. The van der Waals surface area contributed by atoms with Crippen molar-refractivity contribution < 1.29 is 31.5 Å². The molecule has 19 heavy (non-hydrogen) atoms. The zero-order valence-electron chi connectivity index (χ0n) is 10.6. The van der Waals surface area contributed by atoms with E-state index >= 15 is 0 Å². The summed E-state index contributed by atoms with van der Waals surface area (Å²) in [7, 11) is 0. The van der Waals surface area contributed by atoms with E-state index in [4.69, 9.17) is 0 Å². The second kappa shape index (κ2) is 6.31. The second-order valence-corrected chi connectivity index (χ2v) is 3.99. The Morgan fingerprint density at radius 3 is 2.21 bits per heavy atom. The van der Waals surface area contributed by atoms with Crippen LogP contribution in [0.4, 0.5) is 22.0 Å². The molecule has 0 aliphatic heterocycles. The van der Waals surface area contributed by atoms with Crippen molar-refractivity contribution in [2.24, 2.45) is 0 Å². The number of alkyl halides is 5. The van der Waals surface area contributed by atoms with Gasteiger partial charge in [-0.25, -0.2) is 8.78 Å². The maximum Gasteiger partial charge on any atom is 0.434 e. The van der Waals surface area contributed by atoms with E-state index in [2.05, 4.69) is 11.3 Å². The van der Waals surface area contributed by atoms with E-state index in [0.29, 0.717) is 6.92 Å². The van der Waals surface area contributed by atoms with Gasteiger partial charge in [0.2, 0.25) is 0 Å². The van der Waals surface area contributed by atoms with Gasteiger partial charge in [-0.1, -0.05) is 13.0 Å². The average Bonchev–Trinajstić information content (AvgIpc) is 2.33. The van der Waals surface area contributed by atoms with Gasteiger partial charge in [0.1, 0.15) is 5.60 Å². The SMILES string of the molecule is C=CCNC(=O)C(F)(C(F)(F)F)C(C)(CC)OCF. The van der Waals surface area contributed by atoms with E-state index in [-0.39, 0.29) is 6.54 Å². The van der Waals surface area contributed by atoms with Gasteiger partial charge in [-0.05, 0) is 13.3 Å². The smallest absolute Gasteiger partial charge is 0.349 e. The average molecular weight is 289 g/mol. The summed E-state index contributed by atoms with van der Waals surface area (Å²) in [5, 5.41) is 1.72. The quantitative estimate of drug-likeness (QED) is 0.578. The molecule has 0 aromatic carbocycles. The lowest BCUT2D eigenvalue weighted by Crippen LogP contribution is -2.67. The van der Waals surface area contributed by atoms with E-state index < -0.39 is 36.6 Å². The molecular weight excluding hydrogens is 273 g/mol. The molecule has 0 aliphatic rings. The van der Waals surface area contributed by atoms with Crippen LogP contribution in [0.2, 0.25) is 0 Å². The number of halogens is 5. The predicted octanol–water partition coefficient (Wildman–Crippen LogP) is 2.67. The van der Waals surface area contributed by atoms with Gasteiger partial charge >= 0.3 is 11.8 Å². The van der Waals surface area contributed by atoms with Crippen molar-refractivity contribution in [2.45, 2.75) is 37.7 Å². The maximum atomic E-state index is 14.4. The zero-order valence-corrected chi connectivity index (χ0v) is 10.6. The standard InChI is InChI=1S/C11H16F5NO2/c1-4-6-17-8(18)10(13,11(14,15)16)9(3,5-2)19-7-12/h4H,1,5-7H2,2-3H3,(H,17,18). The van der Waals surface area contributed by atoms with Crippen molar-refractivity contribution in [3.8, 4) is 0 Å². The largest absolute Gasteiger partial charge is 0.434 e. The topological polar surface area (TPSA) is 38.3 Å². The first-order valence-corrected chi connectivity index (χ1v) is 5.45. The van der Waals surface area contributed by atoms with Crippen molar-refractivity contribution in [3.05, 3.63) is 12.7 Å². The third kappa shape index (κ3) is 3.23. The van der Waals surface area contributed by atoms with Crippen LogP contribution in [0.1, 0.15) is 20.3 Å². The second-order valence-electron chi connectivity index (χ2n) is 3.99. The van der Waals surface area contributed by atoms with Crippen LogP contribution in [0, 0.1) is 0 Å². The number of ether oxygens (including phenoxy) is 1. The fourth-order valence-corrected chi connectivity index (χ4v) is 1.52. The molecular formula is C11H16F5NO2. The van der Waals surface area contributed by atoms with Crippen molar-refractivity contribution in [1.29, 1.82) is 0 Å². The lowest BCUT2D eigenvalue weighted by Gasteiger charge is -2.40. The summed E-state index contributed by atoms with van der Waals surface area (Å²) in [5.74, 6) is -1.93. The van der Waals surface area contributed by atoms with Gasteiger partial charge in [0.05, 0.1) is 0 Å². The van der Waals surface area contributed by atoms with E-state index in [0.717, 1.165) is 13.0 Å². The van der Waals surface area contributed by atoms with Crippen molar-refractivity contribution in [2.75, 3.05) is 13.4 Å². The van der Waals surface area contributed by atoms with Crippen LogP contribution < -0.4 is 5.32 Å². The van der Waals surface area contributed by atoms with Crippen molar-refractivity contribution >= 4 is 5.91 Å². The first kappa shape index (κ1) is 17.8. The van der Waals surface area contributed by atoms with E-state index in [9.17, 15) is 26.7 Å². The van der Waals surface area contributed by atoms with Crippen LogP contribution >= 0.6 is 0 Å². The lowest BCUT2D eigenvalue weighted by atomic mass is 9.82. The Morgan fingerprint density at radius 1 is 1.37 bits per heavy atom. The Labute approximate surface area is 107 Å². The monoisotopic (exact) mass is 289 g/mol. The number of carbonyl (C=O) groups excluding carboxylic acids is 1. The summed E-state index contributed by atoms with van der Waals surface area (Å²) in [6.07, 6.45) is -5.00. The fraction of sp³-hybridized carbons (Fsp3) is 0.727. The molecule has 0 saturated heterocycles. The molecule has 1 amide bonds. The number of amides is 1. The molecule has 2 unspecified atom stereocenters. The number of hydrogen-bond acceptors (Lipinski definition) is 2. The fourth-order valence-electron chi connectivity index (χ4n) is 1.52. The highest BCUT2D eigenvalue weighted by Gasteiger charge is 2.71. The molecule has 8 heteroatoms. The molecule has 2 atom stereocenters. The van der Waals surface area contributed by atoms with Crippen molar-refractivity contribution in [3.63, 3.8) is 0 Å². The Kier molecular flexibility index (Phi) is 5.92. The summed E-state index contributed by atoms with van der Waals surface area (Å²) in [4.78, 5) is 11.5. The van der Waals surface area contributed by atoms with Gasteiger partial charge in [0.25, 0.3) is 5.91 Å². The third-order valence-corrected chi connectivity index (χ3v) is 2.89. The summed E-state index contributed by atoms with van der Waals surface area (Å²) >= 11 is 0. The summed E-state index contributed by atoms with van der Waals surface area (Å²) in [6.45, 7) is 3.06. The maximum absolute atomic E-state index is 14.4. The Bertz CT molecular complexity index is 334. The highest BCUT2D eigenvalue weighted by atomic mass is 19.4. The summed E-state index contributed by atoms with van der Waals surface area (Å²) < 4.78 is 69.6. The highest BCUT2D eigenvalue weighted by Crippen LogP contribution is 2.45. The molecule has 0 rings (SSSR count). The van der Waals surface area contributed by atoms with E-state index in [1.165, 1.54) is 0 Å². The number of nitrogens with one attached hydrogen (secondary N) is 1. The first-order valence-electron chi connectivity index (χ1n) is 5.45. The molecule has 0 aromatic heterocycles. The van der Waals surface area contributed by atoms with Crippen LogP contribution in [0.15, 0.2) is 12.7 Å². The summed E-state index contributed by atoms with van der Waals surface area (Å²) in [5.41, 5.74) is -7.02. The normalized spacial score (nSPS) is 18.3. The Hall–Kier alpha value is -1.18. The van der Waals surface area contributed by atoms with Gasteiger partial charge in [-0.2, -0.15) is 13.2 Å². The predicted molar refractivity (Wildman–Crippen MR) is 58.9 cm³/mol. The first-order chi connectivity index (χ1) is 8.60. The molecule has 0 aromatic rings. The van der Waals surface area contributed by atoms with Crippen LogP contribution in [-0.4, -0.2) is 36.8 Å². The molecule has 0 radical (unpaired) electrons. The van der Waals surface area contributed by atoms with Crippen LogP contribution in [0.5, 0.6) is 0 Å². The molecule has 0 heterocycles. The van der Waals surface area contributed by atoms with Gasteiger partial charge in [-0.15, -0.1) is 6.58 Å². The zero-order chi connectivity index (χ0) is 15.3. The molecule has 0 bridgehead atoms. The number of rotatable bonds is 7. The molecule has 0 saturated carbocycles. The van der Waals surface area contributed by atoms with Gasteiger partial charge < -0.3 is 10.1 Å². The molecule has 1 N–H and O–H groups in total. The molecule has 0 spiro atoms. The number of hydrogen-bond donors (Lipinski definition) is 1. The molecule has 0 fully saturated rings. The Balaban J connectivity index is 5.64. The molecule has 112 valence electrons. The number of carbonyl (C=O) groups is 1. The van der Waals surface area contributed by atoms with Crippen molar-refractivity contribution in [1.82, 2.24) is 5.32 Å². The van der Waals surface area contributed by atoms with Gasteiger partial charge in [-0.3, -0.25) is 4.79 Å². The highest BCUT2D eigenvalue weighted by molar-refractivity contribution is 5.87. The van der Waals surface area contributed by atoms with Gasteiger partial charge in [0, 0.05) is 6.54 Å². The van der Waals surface area contributed by atoms with Crippen LogP contribution in [0.3, 0.4) is 0 Å². The molecule has 3 nitrogen and oxygen atoms in total. The third-order valence-electron chi connectivity index (χ3n) is 2.89. The summed E-state index contributed by atoms with van der Waals surface area (Å²) in [6, 6.07) is 0. The minimum atomic E-state index is -5.54. The van der Waals surface area contributed by atoms with Gasteiger partial charge in [0.15, 0.2) is 6.86 Å². The van der Waals surface area contributed by atoms with Crippen LogP contribution in [-0.2, 0) is 9.53 Å². The van der Waals surface area contributed by atoms with E-state index in [1.807, 2.05) is 0 Å². The Morgan fingerprint density at radius 2 is 1.89 bits per heavy atom. The minimum absolute atomic E-state index is 0.351. The lowest BCUT2D eigenvalue weighted by molar-refractivity contribution is -0.288. The van der Waals surface area contributed by atoms with E-state index in [1.54, 1.807) is 5.32 Å². The van der Waals surface area contributed by atoms with Crippen LogP contribution in [0.25, 0.3) is 0 Å².